The highest BCUT2D eigenvalue weighted by Gasteiger charge is 2.15. The molecule has 0 unspecified atom stereocenters. The number of hydrogen-bond acceptors (Lipinski definition) is 4. The molecule has 22 heavy (non-hydrogen) atoms. The molecule has 5 heteroatoms. The minimum Gasteiger partial charge on any atom is -0.491 e. The van der Waals surface area contributed by atoms with Crippen LogP contribution < -0.4 is 15.8 Å². The van der Waals surface area contributed by atoms with Crippen LogP contribution in [0.1, 0.15) is 31.4 Å². The molecule has 0 bridgehead atoms. The van der Waals surface area contributed by atoms with Crippen LogP contribution in [0.3, 0.4) is 0 Å². The summed E-state index contributed by atoms with van der Waals surface area (Å²) in [6, 6.07) is 5.46. The molecule has 1 rings (SSSR count). The Morgan fingerprint density at radius 3 is 2.68 bits per heavy atom. The molecule has 0 aliphatic rings. The first-order valence-corrected chi connectivity index (χ1v) is 7.68. The van der Waals surface area contributed by atoms with E-state index in [4.69, 9.17) is 15.2 Å². The second kappa shape index (κ2) is 9.43. The van der Waals surface area contributed by atoms with E-state index < -0.39 is 6.04 Å². The van der Waals surface area contributed by atoms with Crippen LogP contribution in [0, 0.1) is 12.8 Å². The molecule has 0 radical (unpaired) electrons. The smallest absolute Gasteiger partial charge is 0.237 e. The number of aryl methyl sites for hydroxylation is 1. The number of nitrogens with one attached hydrogen (secondary N) is 1. The number of ether oxygens (including phenoxy) is 2. The summed E-state index contributed by atoms with van der Waals surface area (Å²) in [4.78, 5) is 12.0. The van der Waals surface area contributed by atoms with E-state index >= 15 is 0 Å². The molecule has 124 valence electrons. The molecule has 1 atom stereocenters. The Kier molecular flexibility index (Phi) is 7.91. The Balaban J connectivity index is 2.62. The number of rotatable bonds is 9. The number of methoxy groups -OCH3 is 1. The van der Waals surface area contributed by atoms with Gasteiger partial charge in [0.1, 0.15) is 12.4 Å². The number of nitrogens with two attached hydrogens (primary N) is 1. The lowest BCUT2D eigenvalue weighted by molar-refractivity contribution is -0.122. The monoisotopic (exact) mass is 308 g/mol. The van der Waals surface area contributed by atoms with Gasteiger partial charge in [0.05, 0.1) is 12.6 Å². The van der Waals surface area contributed by atoms with E-state index in [1.165, 1.54) is 0 Å². The van der Waals surface area contributed by atoms with E-state index in [1.807, 2.05) is 25.1 Å². The fourth-order valence-corrected chi connectivity index (χ4v) is 2.11. The maximum Gasteiger partial charge on any atom is 0.237 e. The van der Waals surface area contributed by atoms with Crippen molar-refractivity contribution in [2.75, 3.05) is 20.3 Å². The number of amides is 1. The molecule has 0 aliphatic carbocycles. The van der Waals surface area contributed by atoms with Gasteiger partial charge in [0.15, 0.2) is 0 Å². The maximum absolute atomic E-state index is 12.0. The maximum atomic E-state index is 12.0. The van der Waals surface area contributed by atoms with Crippen molar-refractivity contribution in [2.24, 2.45) is 11.7 Å². The highest BCUT2D eigenvalue weighted by atomic mass is 16.5. The molecule has 0 fully saturated rings. The Hall–Kier alpha value is -1.59. The predicted molar refractivity (Wildman–Crippen MR) is 87.8 cm³/mol. The molecule has 1 aromatic carbocycles. The average Bonchev–Trinajstić information content (AvgIpc) is 2.45. The Labute approximate surface area is 133 Å². The Morgan fingerprint density at radius 1 is 1.32 bits per heavy atom. The summed E-state index contributed by atoms with van der Waals surface area (Å²) in [5, 5.41) is 2.88. The number of carbonyl (C=O) groups is 1. The van der Waals surface area contributed by atoms with Crippen molar-refractivity contribution in [1.29, 1.82) is 0 Å². The number of carbonyl (C=O) groups excluding carboxylic acids is 1. The fraction of sp³-hybridized carbons (Fsp3) is 0.588. The third-order valence-electron chi connectivity index (χ3n) is 3.28. The second-order valence-corrected chi connectivity index (χ2v) is 5.91. The molecule has 1 amide bonds. The van der Waals surface area contributed by atoms with Crippen molar-refractivity contribution in [3.63, 3.8) is 0 Å². The molecule has 0 aromatic heterocycles. The van der Waals surface area contributed by atoms with Gasteiger partial charge in [-0.15, -0.1) is 0 Å². The van der Waals surface area contributed by atoms with Gasteiger partial charge in [-0.05, 0) is 30.9 Å². The normalized spacial score (nSPS) is 12.3. The third kappa shape index (κ3) is 6.45. The van der Waals surface area contributed by atoms with Gasteiger partial charge in [0.25, 0.3) is 0 Å². The molecular formula is C17H28N2O3. The molecule has 5 nitrogen and oxygen atoms in total. The summed E-state index contributed by atoms with van der Waals surface area (Å²) >= 11 is 0. The van der Waals surface area contributed by atoms with Crippen LogP contribution in [0.15, 0.2) is 18.2 Å². The molecule has 0 heterocycles. The summed E-state index contributed by atoms with van der Waals surface area (Å²) in [5.74, 6) is 1.04. The molecule has 0 spiro atoms. The van der Waals surface area contributed by atoms with Crippen molar-refractivity contribution in [1.82, 2.24) is 5.32 Å². The number of hydrogen-bond donors (Lipinski definition) is 2. The standard InChI is InChI=1S/C17H28N2O3/c1-12(2)9-15(18)17(20)19-11-14-6-5-13(3)10-16(14)22-8-7-21-4/h5-6,10,12,15H,7-9,11,18H2,1-4H3,(H,19,20)/t15-/m0/s1. The van der Waals surface area contributed by atoms with Gasteiger partial charge in [0, 0.05) is 19.2 Å². The quantitative estimate of drug-likeness (QED) is 0.684. The zero-order chi connectivity index (χ0) is 16.5. The van der Waals surface area contributed by atoms with E-state index in [0.717, 1.165) is 16.9 Å². The lowest BCUT2D eigenvalue weighted by atomic mass is 10.0. The predicted octanol–water partition coefficient (Wildman–Crippen LogP) is 2.01. The van der Waals surface area contributed by atoms with Gasteiger partial charge in [-0.25, -0.2) is 0 Å². The first-order valence-electron chi connectivity index (χ1n) is 7.68. The van der Waals surface area contributed by atoms with Crippen molar-refractivity contribution < 1.29 is 14.3 Å². The largest absolute Gasteiger partial charge is 0.491 e. The summed E-state index contributed by atoms with van der Waals surface area (Å²) < 4.78 is 10.7. The average molecular weight is 308 g/mol. The SMILES string of the molecule is COCCOc1cc(C)ccc1CNC(=O)[C@@H](N)CC(C)C. The molecule has 3 N–H and O–H groups in total. The molecule has 0 saturated carbocycles. The molecule has 0 saturated heterocycles. The molecule has 1 aromatic rings. The van der Waals surface area contributed by atoms with Gasteiger partial charge < -0.3 is 20.5 Å². The Bertz CT molecular complexity index is 475. The van der Waals surface area contributed by atoms with Crippen molar-refractivity contribution in [2.45, 2.75) is 39.8 Å². The van der Waals surface area contributed by atoms with Crippen LogP contribution in [-0.4, -0.2) is 32.3 Å². The molecular weight excluding hydrogens is 280 g/mol. The third-order valence-corrected chi connectivity index (χ3v) is 3.28. The summed E-state index contributed by atoms with van der Waals surface area (Å²) in [6.45, 7) is 7.52. The van der Waals surface area contributed by atoms with Crippen LogP contribution in [0.25, 0.3) is 0 Å². The van der Waals surface area contributed by atoms with Gasteiger partial charge in [-0.3, -0.25) is 4.79 Å². The highest BCUT2D eigenvalue weighted by molar-refractivity contribution is 5.81. The van der Waals surface area contributed by atoms with E-state index in [-0.39, 0.29) is 5.91 Å². The summed E-state index contributed by atoms with van der Waals surface area (Å²) in [6.07, 6.45) is 0.678. The Morgan fingerprint density at radius 2 is 2.05 bits per heavy atom. The lowest BCUT2D eigenvalue weighted by Gasteiger charge is -2.16. The van der Waals surface area contributed by atoms with Gasteiger partial charge >= 0.3 is 0 Å². The van der Waals surface area contributed by atoms with Crippen molar-refractivity contribution >= 4 is 5.91 Å². The zero-order valence-corrected chi connectivity index (χ0v) is 14.0. The van der Waals surface area contributed by atoms with Crippen molar-refractivity contribution in [3.8, 4) is 5.75 Å². The highest BCUT2D eigenvalue weighted by Crippen LogP contribution is 2.20. The van der Waals surface area contributed by atoms with Crippen molar-refractivity contribution in [3.05, 3.63) is 29.3 Å². The second-order valence-electron chi connectivity index (χ2n) is 5.91. The van der Waals surface area contributed by atoms with Crippen LogP contribution in [0.2, 0.25) is 0 Å². The van der Waals surface area contributed by atoms with E-state index in [1.54, 1.807) is 7.11 Å². The van der Waals surface area contributed by atoms with Crippen LogP contribution in [0.5, 0.6) is 5.75 Å². The van der Waals surface area contributed by atoms with Gasteiger partial charge in [-0.2, -0.15) is 0 Å². The first kappa shape index (κ1) is 18.5. The van der Waals surface area contributed by atoms with E-state index in [9.17, 15) is 4.79 Å². The number of benzene rings is 1. The van der Waals surface area contributed by atoms with Gasteiger partial charge in [0.2, 0.25) is 5.91 Å². The van der Waals surface area contributed by atoms with Crippen LogP contribution >= 0.6 is 0 Å². The fourth-order valence-electron chi connectivity index (χ4n) is 2.11. The first-order chi connectivity index (χ1) is 10.4. The van der Waals surface area contributed by atoms with Crippen LogP contribution in [0.4, 0.5) is 0 Å². The zero-order valence-electron chi connectivity index (χ0n) is 14.0. The lowest BCUT2D eigenvalue weighted by Crippen LogP contribution is -2.41. The topological polar surface area (TPSA) is 73.6 Å². The summed E-state index contributed by atoms with van der Waals surface area (Å²) in [7, 11) is 1.64. The van der Waals surface area contributed by atoms with Gasteiger partial charge in [-0.1, -0.05) is 26.0 Å². The van der Waals surface area contributed by atoms with E-state index in [2.05, 4.69) is 19.2 Å². The van der Waals surface area contributed by atoms with Crippen LogP contribution in [-0.2, 0) is 16.1 Å². The minimum atomic E-state index is -0.469. The summed E-state index contributed by atoms with van der Waals surface area (Å²) in [5.41, 5.74) is 7.93. The minimum absolute atomic E-state index is 0.128. The van der Waals surface area contributed by atoms with E-state index in [0.29, 0.717) is 32.1 Å². The molecule has 0 aliphatic heterocycles.